The highest BCUT2D eigenvalue weighted by Crippen LogP contribution is 2.54. The Hall–Kier alpha value is -6.98. The van der Waals surface area contributed by atoms with E-state index in [4.69, 9.17) is 4.42 Å². The topological polar surface area (TPSA) is 22.9 Å². The smallest absolute Gasteiger partial charge is 0.252 e. The lowest BCUT2D eigenvalue weighted by Gasteiger charge is -2.48. The van der Waals surface area contributed by atoms with Crippen LogP contribution in [0.1, 0.15) is 139 Å². The van der Waals surface area contributed by atoms with E-state index in [0.717, 1.165) is 110 Å². The zero-order valence-corrected chi connectivity index (χ0v) is 45.2. The fourth-order valence-corrected chi connectivity index (χ4v) is 13.5. The van der Waals surface area contributed by atoms with Crippen molar-refractivity contribution >= 4 is 96.2 Å². The van der Waals surface area contributed by atoms with Crippen molar-refractivity contribution in [1.82, 2.24) is 0 Å². The zero-order chi connectivity index (χ0) is 53.9. The van der Waals surface area contributed by atoms with Crippen LogP contribution in [0.3, 0.4) is 0 Å². The van der Waals surface area contributed by atoms with Gasteiger partial charge in [0.25, 0.3) is 6.71 Å². The van der Waals surface area contributed by atoms with Gasteiger partial charge in [-0.15, -0.1) is 0 Å². The molecule has 0 atom stereocenters. The molecule has 0 bridgehead atoms. The molecule has 0 fully saturated rings. The number of para-hydroxylation sites is 3. The second-order valence-electron chi connectivity index (χ2n) is 25.7. The summed E-state index contributed by atoms with van der Waals surface area (Å²) in [5.74, 6) is 0. The van der Waals surface area contributed by atoms with E-state index in [-0.39, 0.29) is 33.8 Å². The number of aryl methyl sites for hydroxylation is 1. The van der Waals surface area contributed by atoms with Crippen LogP contribution in [0.4, 0.5) is 51.2 Å². The number of furan rings is 1. The highest BCUT2D eigenvalue weighted by Gasteiger charge is 2.48. The van der Waals surface area contributed by atoms with Gasteiger partial charge in [-0.3, -0.25) is 0 Å². The molecule has 0 saturated carbocycles. The second kappa shape index (κ2) is 16.0. The van der Waals surface area contributed by atoms with Crippen LogP contribution in [-0.4, -0.2) is 6.71 Å². The van der Waals surface area contributed by atoms with Crippen LogP contribution < -0.4 is 31.1 Å². The van der Waals surface area contributed by atoms with Crippen LogP contribution in [0.25, 0.3) is 21.9 Å². The van der Waals surface area contributed by atoms with Gasteiger partial charge >= 0.3 is 0 Å². The van der Waals surface area contributed by atoms with E-state index < -0.39 is 6.85 Å². The standard InChI is InChI=1S/C69H70BN3O/c1-43-36-60-63-61(37-43)73(57-25-19-24-50-49-29-26-44(65(2,3)4)38-62(49)74-64(50)57)58-40-48(71(45-20-15-13-16-21-45)46-22-17-14-18-23-46)28-31-55(58)70(63)56-41-53-54(69(11,12)35-34-68(53,9)10)42-59(56)72(60)47-27-30-51-52(39-47)67(7,8)33-32-66(51,5)6/h13-31,36-42H,32-35H2,1-12H3/i1D3. The van der Waals surface area contributed by atoms with Crippen molar-refractivity contribution in [3.63, 3.8) is 0 Å². The van der Waals surface area contributed by atoms with Crippen LogP contribution in [0.5, 0.6) is 0 Å². The third kappa shape index (κ3) is 7.08. The average molecular weight is 971 g/mol. The molecule has 3 heterocycles. The molecule has 0 unspecified atom stereocenters. The van der Waals surface area contributed by atoms with E-state index in [1.54, 1.807) is 0 Å². The van der Waals surface area contributed by atoms with Crippen molar-refractivity contribution in [3.8, 4) is 0 Å². The van der Waals surface area contributed by atoms with Crippen molar-refractivity contribution in [3.05, 3.63) is 191 Å². The maximum Gasteiger partial charge on any atom is 0.252 e. The highest BCUT2D eigenvalue weighted by molar-refractivity contribution is 7.00. The van der Waals surface area contributed by atoms with Crippen molar-refractivity contribution in [2.75, 3.05) is 14.7 Å². The summed E-state index contributed by atoms with van der Waals surface area (Å²) in [5.41, 5.74) is 20.6. The predicted octanol–water partition coefficient (Wildman–Crippen LogP) is 17.4. The SMILES string of the molecule is [2H]C([2H])([2H])c1cc2c3c(c1)N(c1cccc4c1oc1cc(C(C)(C)C)ccc14)c1cc(N(c4ccccc4)c4ccccc4)ccc1B3c1cc3c(cc1N2c1ccc2c(c1)C(C)(C)CCC2(C)C)C(C)(C)CCC3(C)C. The van der Waals surface area contributed by atoms with E-state index in [1.165, 1.54) is 33.3 Å². The third-order valence-electron chi connectivity index (χ3n) is 18.0. The first-order chi connectivity index (χ1) is 36.4. The van der Waals surface area contributed by atoms with Gasteiger partial charge in [-0.05, 0) is 188 Å². The van der Waals surface area contributed by atoms with Gasteiger partial charge in [-0.1, -0.05) is 155 Å². The molecule has 4 nitrogen and oxygen atoms in total. The molecule has 2 aliphatic heterocycles. The summed E-state index contributed by atoms with van der Waals surface area (Å²) < 4.78 is 35.2. The number of fused-ring (bicyclic) bond motifs is 9. The van der Waals surface area contributed by atoms with Crippen molar-refractivity contribution in [2.24, 2.45) is 0 Å². The Kier molecular flexibility index (Phi) is 9.40. The highest BCUT2D eigenvalue weighted by atomic mass is 16.3. The lowest BCUT2D eigenvalue weighted by atomic mass is 9.33. The first kappa shape index (κ1) is 43.4. The molecule has 0 saturated heterocycles. The van der Waals surface area contributed by atoms with E-state index in [2.05, 4.69) is 236 Å². The minimum Gasteiger partial charge on any atom is -0.454 e. The summed E-state index contributed by atoms with van der Waals surface area (Å²) in [6.45, 7) is 23.3. The van der Waals surface area contributed by atoms with E-state index in [9.17, 15) is 4.11 Å². The van der Waals surface area contributed by atoms with Crippen LogP contribution in [-0.2, 0) is 27.1 Å². The van der Waals surface area contributed by atoms with Crippen LogP contribution in [0, 0.1) is 6.85 Å². The number of hydrogen-bond donors (Lipinski definition) is 0. The first-order valence-electron chi connectivity index (χ1n) is 28.5. The Morgan fingerprint density at radius 1 is 0.486 bits per heavy atom. The minimum atomic E-state index is -2.43. The van der Waals surface area contributed by atoms with Crippen molar-refractivity contribution < 1.29 is 8.53 Å². The number of anilines is 9. The summed E-state index contributed by atoms with van der Waals surface area (Å²) in [7, 11) is 0. The molecule has 13 rings (SSSR count). The quantitative estimate of drug-likeness (QED) is 0.160. The molecular formula is C69H70BN3O. The number of nitrogens with zero attached hydrogens (tertiary/aromatic N) is 3. The largest absolute Gasteiger partial charge is 0.454 e. The van der Waals surface area contributed by atoms with E-state index in [1.807, 2.05) is 12.1 Å². The van der Waals surface area contributed by atoms with Crippen LogP contribution >= 0.6 is 0 Å². The fourth-order valence-electron chi connectivity index (χ4n) is 13.5. The molecule has 370 valence electrons. The summed E-state index contributed by atoms with van der Waals surface area (Å²) >= 11 is 0. The lowest BCUT2D eigenvalue weighted by Crippen LogP contribution is -2.62. The molecule has 2 aliphatic carbocycles. The van der Waals surface area contributed by atoms with Gasteiger partial charge < -0.3 is 19.1 Å². The molecule has 1 aromatic heterocycles. The van der Waals surface area contributed by atoms with Crippen LogP contribution in [0.15, 0.2) is 162 Å². The molecule has 8 aromatic carbocycles. The summed E-state index contributed by atoms with van der Waals surface area (Å²) in [4.78, 5) is 7.13. The molecule has 0 amide bonds. The zero-order valence-electron chi connectivity index (χ0n) is 48.2. The molecule has 0 spiro atoms. The van der Waals surface area contributed by atoms with Gasteiger partial charge in [0.05, 0.1) is 5.69 Å². The Morgan fingerprint density at radius 2 is 1.08 bits per heavy atom. The van der Waals surface area contributed by atoms with Gasteiger partial charge in [0.1, 0.15) is 5.58 Å². The predicted molar refractivity (Wildman–Crippen MR) is 316 cm³/mol. The normalized spacial score (nSPS) is 18.4. The number of benzene rings is 8. The molecule has 0 N–H and O–H groups in total. The number of rotatable bonds is 5. The summed E-state index contributed by atoms with van der Waals surface area (Å²) in [6.07, 6.45) is 4.36. The Balaban J connectivity index is 1.17. The van der Waals surface area contributed by atoms with E-state index >= 15 is 0 Å². The molecule has 0 radical (unpaired) electrons. The molecular weight excluding hydrogens is 898 g/mol. The summed E-state index contributed by atoms with van der Waals surface area (Å²) in [6, 6.07) is 57.4. The maximum absolute atomic E-state index is 9.33. The molecule has 9 aromatic rings. The Bertz CT molecular complexity index is 3840. The lowest BCUT2D eigenvalue weighted by molar-refractivity contribution is 0.332. The molecule has 5 heteroatoms. The Labute approximate surface area is 444 Å². The first-order valence-corrected chi connectivity index (χ1v) is 27.0. The minimum absolute atomic E-state index is 0.0228. The van der Waals surface area contributed by atoms with Crippen molar-refractivity contribution in [1.29, 1.82) is 0 Å². The van der Waals surface area contributed by atoms with Crippen molar-refractivity contribution in [2.45, 2.75) is 136 Å². The summed E-state index contributed by atoms with van der Waals surface area (Å²) in [5, 5.41) is 2.06. The van der Waals surface area contributed by atoms with Gasteiger partial charge in [0, 0.05) is 60.4 Å². The molecule has 4 aliphatic rings. The van der Waals surface area contributed by atoms with Gasteiger partial charge in [-0.25, -0.2) is 0 Å². The van der Waals surface area contributed by atoms with Gasteiger partial charge in [0.2, 0.25) is 0 Å². The second-order valence-corrected chi connectivity index (χ2v) is 25.7. The molecule has 74 heavy (non-hydrogen) atoms. The maximum atomic E-state index is 9.33. The van der Waals surface area contributed by atoms with Gasteiger partial charge in [-0.2, -0.15) is 0 Å². The fraction of sp³-hybridized carbons (Fsp3) is 0.304. The average Bonchev–Trinajstić information content (AvgIpc) is 3.91. The van der Waals surface area contributed by atoms with E-state index in [0.29, 0.717) is 5.56 Å². The third-order valence-corrected chi connectivity index (χ3v) is 18.0. The van der Waals surface area contributed by atoms with Crippen LogP contribution in [0.2, 0.25) is 0 Å². The van der Waals surface area contributed by atoms with Gasteiger partial charge in [0.15, 0.2) is 5.58 Å². The number of hydrogen-bond acceptors (Lipinski definition) is 4. The Morgan fingerprint density at radius 3 is 1.72 bits per heavy atom. The monoisotopic (exact) mass is 971 g/mol.